The first-order valence-corrected chi connectivity index (χ1v) is 8.69. The average Bonchev–Trinajstić information content (AvgIpc) is 2.50. The Hall–Kier alpha value is -1.35. The fourth-order valence-corrected chi connectivity index (χ4v) is 2.81. The maximum absolute atomic E-state index is 11.0. The molecule has 144 valence electrons. The van der Waals surface area contributed by atoms with Crippen molar-refractivity contribution in [3.05, 3.63) is 45.2 Å². The van der Waals surface area contributed by atoms with Crippen LogP contribution in [0.25, 0.3) is 0 Å². The Balaban J connectivity index is 0. The summed E-state index contributed by atoms with van der Waals surface area (Å²) >= 11 is 0. The second-order valence-corrected chi connectivity index (χ2v) is 6.42. The van der Waals surface area contributed by atoms with Crippen LogP contribution in [0.15, 0.2) is 29.2 Å². The fraction of sp³-hybridized carbons (Fsp3) is 0.500. The smallest absolute Gasteiger partial charge is 0.545 e. The Morgan fingerprint density at radius 3 is 1.84 bits per heavy atom. The second kappa shape index (κ2) is 13.9. The molecule has 0 amide bonds. The summed E-state index contributed by atoms with van der Waals surface area (Å²) in [6.07, 6.45) is 6.23. The molecule has 9 nitrogen and oxygen atoms in total. The summed E-state index contributed by atoms with van der Waals surface area (Å²) in [5.41, 5.74) is 11.3. The molecule has 1 saturated carbocycles. The number of hydrogen-bond donors (Lipinski definition) is 2. The Bertz CT molecular complexity index is 528. The molecule has 1 aromatic rings. The number of carbonyl (C=O) groups is 1. The molecule has 4 N–H and O–H groups in total. The third-order valence-electron chi connectivity index (χ3n) is 3.29. The van der Waals surface area contributed by atoms with Crippen LogP contribution >= 0.6 is 0 Å². The van der Waals surface area contributed by atoms with E-state index in [0.29, 0.717) is 4.90 Å². The molecule has 0 bridgehead atoms. The molecule has 0 spiro atoms. The van der Waals surface area contributed by atoms with Crippen LogP contribution in [0.1, 0.15) is 36.0 Å². The Morgan fingerprint density at radius 1 is 1.16 bits per heavy atom. The van der Waals surface area contributed by atoms with E-state index in [4.69, 9.17) is 26.8 Å². The zero-order chi connectivity index (χ0) is 18.7. The predicted octanol–water partition coefficient (Wildman–Crippen LogP) is -0.239. The van der Waals surface area contributed by atoms with Gasteiger partial charge in [0, 0.05) is 28.8 Å². The van der Waals surface area contributed by atoms with E-state index in [9.17, 15) is 14.1 Å². The normalized spacial score (nSPS) is 19.6. The van der Waals surface area contributed by atoms with Gasteiger partial charge in [-0.15, -0.1) is 0 Å². The molecule has 25 heavy (non-hydrogen) atoms. The SMILES string of the molecule is CS(=O)c1ccccc1C(=O)[O-].NC1CCCCC1N.O=[N+]([O-])[O-].[Pt+2]. The van der Waals surface area contributed by atoms with Crippen LogP contribution in [0.3, 0.4) is 0 Å². The van der Waals surface area contributed by atoms with Crippen molar-refractivity contribution < 1.29 is 40.3 Å². The molecule has 1 fully saturated rings. The van der Waals surface area contributed by atoms with Crippen molar-refractivity contribution >= 4 is 16.8 Å². The number of carboxylic acid groups (broad SMARTS) is 1. The van der Waals surface area contributed by atoms with E-state index < -0.39 is 21.9 Å². The number of carboxylic acids is 1. The number of hydrogen-bond acceptors (Lipinski definition) is 8. The predicted molar refractivity (Wildman–Crippen MR) is 87.9 cm³/mol. The van der Waals surface area contributed by atoms with E-state index in [1.54, 1.807) is 12.1 Å². The fourth-order valence-electron chi connectivity index (χ4n) is 2.07. The monoisotopic (exact) mass is 554 g/mol. The second-order valence-electron chi connectivity index (χ2n) is 5.07. The molecule has 3 atom stereocenters. The third-order valence-corrected chi connectivity index (χ3v) is 4.27. The molecule has 2 rings (SSSR count). The molecule has 0 radical (unpaired) electrons. The molecular formula is C14H21N3O6PtS. The first kappa shape index (κ1) is 25.9. The summed E-state index contributed by atoms with van der Waals surface area (Å²) in [4.78, 5) is 19.0. The standard InChI is InChI=1S/C8H8O3S.C6H14N2.NO3.Pt/c1-12(11)7-5-3-2-4-6(7)8(9)10;7-5-3-1-2-4-6(5)8;2-1(3)4;/h2-5H,1H3,(H,9,10);5-6H,1-4,7-8H2;;/q;;-1;+2/p-1. The molecule has 1 aromatic carbocycles. The van der Waals surface area contributed by atoms with Crippen LogP contribution in [0.4, 0.5) is 0 Å². The van der Waals surface area contributed by atoms with Gasteiger partial charge >= 0.3 is 21.1 Å². The van der Waals surface area contributed by atoms with Crippen LogP contribution in [-0.2, 0) is 31.9 Å². The van der Waals surface area contributed by atoms with Gasteiger partial charge in [0.2, 0.25) is 0 Å². The minimum absolute atomic E-state index is 0. The van der Waals surface area contributed by atoms with Gasteiger partial charge in [-0.25, -0.2) is 0 Å². The van der Waals surface area contributed by atoms with Gasteiger partial charge in [-0.1, -0.05) is 31.0 Å². The minimum Gasteiger partial charge on any atom is -0.545 e. The summed E-state index contributed by atoms with van der Waals surface area (Å²) in [7, 11) is -1.28. The summed E-state index contributed by atoms with van der Waals surface area (Å²) in [6, 6.07) is 6.67. The molecule has 11 heteroatoms. The van der Waals surface area contributed by atoms with E-state index in [0.717, 1.165) is 12.8 Å². The largest absolute Gasteiger partial charge is 2.00 e. The Morgan fingerprint density at radius 2 is 1.56 bits per heavy atom. The van der Waals surface area contributed by atoms with Crippen molar-refractivity contribution in [1.29, 1.82) is 0 Å². The number of aromatic carboxylic acids is 1. The zero-order valence-electron chi connectivity index (χ0n) is 13.6. The number of benzene rings is 1. The quantitative estimate of drug-likeness (QED) is 0.372. The molecule has 0 aromatic heterocycles. The first-order valence-electron chi connectivity index (χ1n) is 7.13. The van der Waals surface area contributed by atoms with Gasteiger partial charge in [0.25, 0.3) is 0 Å². The van der Waals surface area contributed by atoms with Crippen molar-refractivity contribution in [3.63, 3.8) is 0 Å². The molecular weight excluding hydrogens is 533 g/mol. The van der Waals surface area contributed by atoms with Gasteiger partial charge in [0.1, 0.15) is 0 Å². The van der Waals surface area contributed by atoms with Crippen LogP contribution in [0, 0.1) is 15.3 Å². The van der Waals surface area contributed by atoms with Crippen molar-refractivity contribution in [1.82, 2.24) is 0 Å². The number of nitrogens with two attached hydrogens (primary N) is 2. The number of nitrogens with zero attached hydrogens (tertiary/aromatic N) is 1. The van der Waals surface area contributed by atoms with Gasteiger partial charge in [0.05, 0.1) is 21.9 Å². The van der Waals surface area contributed by atoms with Gasteiger partial charge in [-0.05, 0) is 18.9 Å². The Kier molecular flexibility index (Phi) is 14.4. The molecule has 1 aliphatic rings. The van der Waals surface area contributed by atoms with Gasteiger partial charge in [-0.3, -0.25) is 4.21 Å². The molecule has 1 aliphatic carbocycles. The maximum atomic E-state index is 11.0. The molecule has 0 aliphatic heterocycles. The summed E-state index contributed by atoms with van der Waals surface area (Å²) in [5, 5.41) is 25.2. The van der Waals surface area contributed by atoms with Crippen LogP contribution in [-0.4, -0.2) is 33.6 Å². The van der Waals surface area contributed by atoms with Crippen LogP contribution in [0.2, 0.25) is 0 Å². The van der Waals surface area contributed by atoms with Gasteiger partial charge in [0.15, 0.2) is 0 Å². The van der Waals surface area contributed by atoms with Gasteiger partial charge < -0.3 is 36.7 Å². The van der Waals surface area contributed by atoms with E-state index in [-0.39, 0.29) is 38.7 Å². The van der Waals surface area contributed by atoms with Crippen molar-refractivity contribution in [2.45, 2.75) is 42.7 Å². The van der Waals surface area contributed by atoms with E-state index in [2.05, 4.69) is 0 Å². The van der Waals surface area contributed by atoms with Crippen molar-refractivity contribution in [3.8, 4) is 0 Å². The van der Waals surface area contributed by atoms with Crippen LogP contribution < -0.4 is 16.6 Å². The molecule has 0 heterocycles. The first-order chi connectivity index (χ1) is 11.2. The van der Waals surface area contributed by atoms with E-state index in [1.165, 1.54) is 31.2 Å². The van der Waals surface area contributed by atoms with Gasteiger partial charge in [-0.2, -0.15) is 0 Å². The number of carbonyl (C=O) groups excluding carboxylic acids is 1. The molecule has 0 saturated heterocycles. The maximum Gasteiger partial charge on any atom is 2.00 e. The minimum atomic E-state index is -1.75. The van der Waals surface area contributed by atoms with Crippen molar-refractivity contribution in [2.75, 3.05) is 6.26 Å². The average molecular weight is 554 g/mol. The summed E-state index contributed by atoms with van der Waals surface area (Å²) in [5.74, 6) is -1.29. The van der Waals surface area contributed by atoms with E-state index >= 15 is 0 Å². The van der Waals surface area contributed by atoms with E-state index in [1.807, 2.05) is 0 Å². The zero-order valence-corrected chi connectivity index (χ0v) is 16.7. The summed E-state index contributed by atoms with van der Waals surface area (Å²) < 4.78 is 11.0. The topological polar surface area (TPSA) is 175 Å². The van der Waals surface area contributed by atoms with Crippen molar-refractivity contribution in [2.24, 2.45) is 11.5 Å². The molecule has 3 unspecified atom stereocenters. The van der Waals surface area contributed by atoms with Crippen LogP contribution in [0.5, 0.6) is 0 Å². The Labute approximate surface area is 162 Å². The summed E-state index contributed by atoms with van der Waals surface area (Å²) in [6.45, 7) is 0. The number of rotatable bonds is 2. The third kappa shape index (κ3) is 11.8.